The van der Waals surface area contributed by atoms with Gasteiger partial charge in [0.15, 0.2) is 0 Å². The van der Waals surface area contributed by atoms with E-state index >= 15 is 0 Å². The Bertz CT molecular complexity index is 592. The maximum Gasteiger partial charge on any atom is 0.337 e. The molecule has 0 amide bonds. The van der Waals surface area contributed by atoms with Gasteiger partial charge >= 0.3 is 5.97 Å². The van der Waals surface area contributed by atoms with Crippen molar-refractivity contribution >= 4 is 5.97 Å². The quantitative estimate of drug-likeness (QED) is 0.780. The molecule has 20 heavy (non-hydrogen) atoms. The van der Waals surface area contributed by atoms with Gasteiger partial charge in [0.2, 0.25) is 0 Å². The van der Waals surface area contributed by atoms with E-state index in [1.54, 1.807) is 10.7 Å². The zero-order chi connectivity index (χ0) is 14.5. The van der Waals surface area contributed by atoms with Gasteiger partial charge in [-0.3, -0.25) is 9.58 Å². The van der Waals surface area contributed by atoms with Crippen LogP contribution in [0, 0.1) is 0 Å². The van der Waals surface area contributed by atoms with Crippen LogP contribution in [-0.2, 0) is 24.9 Å². The fourth-order valence-electron chi connectivity index (χ4n) is 2.15. The Kier molecular flexibility index (Phi) is 4.53. The van der Waals surface area contributed by atoms with Crippen molar-refractivity contribution in [3.63, 3.8) is 0 Å². The Labute approximate surface area is 118 Å². The maximum atomic E-state index is 11.5. The molecule has 1 aromatic carbocycles. The minimum atomic E-state index is -0.304. The van der Waals surface area contributed by atoms with Gasteiger partial charge in [-0.1, -0.05) is 12.1 Å². The molecular weight excluding hydrogens is 254 g/mol. The summed E-state index contributed by atoms with van der Waals surface area (Å²) in [6, 6.07) is 7.51. The number of aryl methyl sites for hydroxylation is 1. The summed E-state index contributed by atoms with van der Waals surface area (Å²) in [6.45, 7) is 1.58. The molecule has 0 N–H and O–H groups in total. The third-order valence-electron chi connectivity index (χ3n) is 3.01. The second kappa shape index (κ2) is 6.34. The molecule has 0 radical (unpaired) electrons. The molecule has 0 bridgehead atoms. The van der Waals surface area contributed by atoms with Gasteiger partial charge in [0.1, 0.15) is 0 Å². The van der Waals surface area contributed by atoms with E-state index in [0.29, 0.717) is 5.56 Å². The van der Waals surface area contributed by atoms with Gasteiger partial charge in [0, 0.05) is 31.9 Å². The average molecular weight is 273 g/mol. The van der Waals surface area contributed by atoms with Crippen molar-refractivity contribution in [2.45, 2.75) is 13.1 Å². The monoisotopic (exact) mass is 273 g/mol. The van der Waals surface area contributed by atoms with Crippen LogP contribution in [0.4, 0.5) is 0 Å². The highest BCUT2D eigenvalue weighted by molar-refractivity contribution is 5.89. The molecule has 106 valence electrons. The largest absolute Gasteiger partial charge is 0.465 e. The Morgan fingerprint density at radius 2 is 2.10 bits per heavy atom. The summed E-state index contributed by atoms with van der Waals surface area (Å²) in [5.74, 6) is -0.304. The van der Waals surface area contributed by atoms with Crippen LogP contribution >= 0.6 is 0 Å². The normalized spacial score (nSPS) is 10.8. The molecule has 0 saturated heterocycles. The number of benzene rings is 1. The predicted molar refractivity (Wildman–Crippen MR) is 76.2 cm³/mol. The summed E-state index contributed by atoms with van der Waals surface area (Å²) in [5.41, 5.74) is 2.83. The van der Waals surface area contributed by atoms with Crippen molar-refractivity contribution in [3.8, 4) is 0 Å². The molecule has 0 aliphatic carbocycles. The van der Waals surface area contributed by atoms with Crippen LogP contribution in [0.5, 0.6) is 0 Å². The van der Waals surface area contributed by atoms with E-state index < -0.39 is 0 Å². The Hall–Kier alpha value is -2.14. The summed E-state index contributed by atoms with van der Waals surface area (Å²) >= 11 is 0. The van der Waals surface area contributed by atoms with E-state index in [4.69, 9.17) is 4.74 Å². The Morgan fingerprint density at radius 3 is 2.75 bits per heavy atom. The van der Waals surface area contributed by atoms with E-state index in [-0.39, 0.29) is 5.97 Å². The van der Waals surface area contributed by atoms with Crippen molar-refractivity contribution in [1.82, 2.24) is 14.7 Å². The molecule has 0 aliphatic heterocycles. The third kappa shape index (κ3) is 3.68. The van der Waals surface area contributed by atoms with Gasteiger partial charge in [-0.05, 0) is 24.7 Å². The summed E-state index contributed by atoms with van der Waals surface area (Å²) in [4.78, 5) is 13.7. The second-order valence-corrected chi connectivity index (χ2v) is 4.89. The third-order valence-corrected chi connectivity index (χ3v) is 3.01. The van der Waals surface area contributed by atoms with Crippen LogP contribution in [0.25, 0.3) is 0 Å². The maximum absolute atomic E-state index is 11.5. The van der Waals surface area contributed by atoms with E-state index in [1.165, 1.54) is 12.7 Å². The highest BCUT2D eigenvalue weighted by atomic mass is 16.5. The topological polar surface area (TPSA) is 47.4 Å². The van der Waals surface area contributed by atoms with Gasteiger partial charge < -0.3 is 4.74 Å². The Balaban J connectivity index is 2.00. The lowest BCUT2D eigenvalue weighted by atomic mass is 10.1. The molecule has 0 spiro atoms. The van der Waals surface area contributed by atoms with Gasteiger partial charge in [-0.25, -0.2) is 4.79 Å². The zero-order valence-electron chi connectivity index (χ0n) is 12.0. The number of ether oxygens (including phenoxy) is 1. The highest BCUT2D eigenvalue weighted by Crippen LogP contribution is 2.10. The molecule has 1 aromatic heterocycles. The van der Waals surface area contributed by atoms with Crippen molar-refractivity contribution in [2.24, 2.45) is 7.05 Å². The van der Waals surface area contributed by atoms with Gasteiger partial charge in [0.05, 0.1) is 18.9 Å². The zero-order valence-corrected chi connectivity index (χ0v) is 12.0. The first-order chi connectivity index (χ1) is 9.58. The number of hydrogen-bond donors (Lipinski definition) is 0. The molecule has 5 nitrogen and oxygen atoms in total. The highest BCUT2D eigenvalue weighted by Gasteiger charge is 2.08. The summed E-state index contributed by atoms with van der Waals surface area (Å²) in [7, 11) is 5.34. The van der Waals surface area contributed by atoms with Crippen LogP contribution in [-0.4, -0.2) is 34.8 Å². The van der Waals surface area contributed by atoms with Crippen LogP contribution in [0.15, 0.2) is 36.7 Å². The SMILES string of the molecule is COC(=O)c1cccc(CN(C)Cc2cnn(C)c2)c1. The first-order valence-electron chi connectivity index (χ1n) is 6.42. The van der Waals surface area contributed by atoms with E-state index in [9.17, 15) is 4.79 Å². The lowest BCUT2D eigenvalue weighted by Gasteiger charge is -2.16. The average Bonchev–Trinajstić information content (AvgIpc) is 2.83. The van der Waals surface area contributed by atoms with Crippen LogP contribution in [0.1, 0.15) is 21.5 Å². The van der Waals surface area contributed by atoms with Crippen LogP contribution < -0.4 is 0 Å². The Morgan fingerprint density at radius 1 is 1.35 bits per heavy atom. The molecule has 1 heterocycles. The smallest absolute Gasteiger partial charge is 0.337 e. The van der Waals surface area contributed by atoms with Crippen LogP contribution in [0.3, 0.4) is 0 Å². The van der Waals surface area contributed by atoms with E-state index in [1.807, 2.05) is 44.7 Å². The molecule has 0 unspecified atom stereocenters. The fraction of sp³-hybridized carbons (Fsp3) is 0.333. The number of esters is 1. The molecule has 0 aliphatic rings. The molecule has 0 atom stereocenters. The van der Waals surface area contributed by atoms with Crippen LogP contribution in [0.2, 0.25) is 0 Å². The van der Waals surface area contributed by atoms with Gasteiger partial charge in [-0.15, -0.1) is 0 Å². The van der Waals surface area contributed by atoms with Gasteiger partial charge in [0.25, 0.3) is 0 Å². The number of nitrogens with zero attached hydrogens (tertiary/aromatic N) is 3. The minimum absolute atomic E-state index is 0.304. The molecular formula is C15H19N3O2. The number of carbonyl (C=O) groups is 1. The second-order valence-electron chi connectivity index (χ2n) is 4.89. The molecule has 0 saturated carbocycles. The lowest BCUT2D eigenvalue weighted by Crippen LogP contribution is -2.17. The van der Waals surface area contributed by atoms with E-state index in [0.717, 1.165) is 18.7 Å². The van der Waals surface area contributed by atoms with E-state index in [2.05, 4.69) is 10.00 Å². The first kappa shape index (κ1) is 14.3. The number of hydrogen-bond acceptors (Lipinski definition) is 4. The standard InChI is InChI=1S/C15H19N3O2/c1-17(10-13-8-16-18(2)11-13)9-12-5-4-6-14(7-12)15(19)20-3/h4-8,11H,9-10H2,1-3H3. The molecule has 2 aromatic rings. The molecule has 0 fully saturated rings. The summed E-state index contributed by atoms with van der Waals surface area (Å²) < 4.78 is 6.52. The number of rotatable bonds is 5. The predicted octanol–water partition coefficient (Wildman–Crippen LogP) is 1.84. The lowest BCUT2D eigenvalue weighted by molar-refractivity contribution is 0.0600. The van der Waals surface area contributed by atoms with Gasteiger partial charge in [-0.2, -0.15) is 5.10 Å². The number of methoxy groups -OCH3 is 1. The van der Waals surface area contributed by atoms with Crippen molar-refractivity contribution in [3.05, 3.63) is 53.3 Å². The molecule has 5 heteroatoms. The first-order valence-corrected chi connectivity index (χ1v) is 6.42. The summed E-state index contributed by atoms with van der Waals surface area (Å²) in [6.07, 6.45) is 3.86. The summed E-state index contributed by atoms with van der Waals surface area (Å²) in [5, 5.41) is 4.15. The number of aromatic nitrogens is 2. The van der Waals surface area contributed by atoms with Crippen molar-refractivity contribution in [1.29, 1.82) is 0 Å². The number of carbonyl (C=O) groups excluding carboxylic acids is 1. The van der Waals surface area contributed by atoms with Crippen molar-refractivity contribution in [2.75, 3.05) is 14.2 Å². The fourth-order valence-corrected chi connectivity index (χ4v) is 2.15. The molecule has 2 rings (SSSR count). The minimum Gasteiger partial charge on any atom is -0.465 e. The van der Waals surface area contributed by atoms with Crippen molar-refractivity contribution < 1.29 is 9.53 Å².